The van der Waals surface area contributed by atoms with Gasteiger partial charge in [0.2, 0.25) is 0 Å². The first-order valence-electron chi connectivity index (χ1n) is 12.8. The van der Waals surface area contributed by atoms with Crippen molar-refractivity contribution in [3.63, 3.8) is 0 Å². The molecule has 6 N–H and O–H groups in total. The van der Waals surface area contributed by atoms with Crippen LogP contribution in [0.5, 0.6) is 5.75 Å². The summed E-state index contributed by atoms with van der Waals surface area (Å²) in [5, 5.41) is 9.88. The number of carbonyl (C=O) groups is 5. The lowest BCUT2D eigenvalue weighted by atomic mass is 9.87. The number of nitrogens with zero attached hydrogens (tertiary/aromatic N) is 1. The van der Waals surface area contributed by atoms with Crippen LogP contribution < -0.4 is 31.7 Å². The first kappa shape index (κ1) is 26.0. The highest BCUT2D eigenvalue weighted by Gasteiger charge is 2.50. The minimum Gasteiger partial charge on any atom is -0.497 e. The lowest BCUT2D eigenvalue weighted by Gasteiger charge is -2.31. The zero-order chi connectivity index (χ0) is 28.9. The highest BCUT2D eigenvalue weighted by atomic mass is 16.5. The molecule has 3 aliphatic rings. The molecule has 0 saturated carbocycles. The average Bonchev–Trinajstić information content (AvgIpc) is 3.57. The largest absolute Gasteiger partial charge is 0.497 e. The van der Waals surface area contributed by atoms with Crippen molar-refractivity contribution < 1.29 is 28.7 Å². The van der Waals surface area contributed by atoms with Gasteiger partial charge in [-0.3, -0.25) is 25.0 Å². The van der Waals surface area contributed by atoms with E-state index in [1.807, 2.05) is 6.07 Å². The van der Waals surface area contributed by atoms with Crippen molar-refractivity contribution in [2.45, 2.75) is 17.6 Å². The number of rotatable bonds is 7. The summed E-state index contributed by atoms with van der Waals surface area (Å²) in [4.78, 5) is 64.4. The van der Waals surface area contributed by atoms with Crippen molar-refractivity contribution in [3.05, 3.63) is 89.0 Å². The van der Waals surface area contributed by atoms with E-state index < -0.39 is 35.0 Å². The first-order valence-corrected chi connectivity index (χ1v) is 12.8. The zero-order valence-corrected chi connectivity index (χ0v) is 21.9. The molecule has 2 atom stereocenters. The Morgan fingerprint density at radius 2 is 1.32 bits per heavy atom. The Morgan fingerprint density at radius 1 is 0.780 bits per heavy atom. The summed E-state index contributed by atoms with van der Waals surface area (Å²) in [6.07, 6.45) is 0. The van der Waals surface area contributed by atoms with Crippen LogP contribution in [0.1, 0.15) is 27.0 Å². The zero-order valence-electron chi connectivity index (χ0n) is 21.9. The molecule has 208 valence electrons. The molecule has 0 aliphatic carbocycles. The van der Waals surface area contributed by atoms with Gasteiger partial charge in [0, 0.05) is 18.7 Å². The molecule has 12 heteroatoms. The second-order valence-corrected chi connectivity index (χ2v) is 10.2. The lowest BCUT2D eigenvalue weighted by molar-refractivity contribution is -0.125. The summed E-state index contributed by atoms with van der Waals surface area (Å²) < 4.78 is 5.24. The van der Waals surface area contributed by atoms with Gasteiger partial charge in [-0.2, -0.15) is 0 Å². The molecule has 0 spiro atoms. The highest BCUT2D eigenvalue weighted by molar-refractivity contribution is 6.09. The Kier molecular flexibility index (Phi) is 6.00. The monoisotopic (exact) mass is 554 g/mol. The summed E-state index contributed by atoms with van der Waals surface area (Å²) in [5.74, 6) is -0.766. The van der Waals surface area contributed by atoms with Crippen molar-refractivity contribution in [2.24, 2.45) is 5.73 Å². The second kappa shape index (κ2) is 9.45. The molecule has 3 aliphatic heterocycles. The topological polar surface area (TPSA) is 172 Å². The van der Waals surface area contributed by atoms with Gasteiger partial charge in [-0.1, -0.05) is 54.6 Å². The molecule has 41 heavy (non-hydrogen) atoms. The molecule has 6 rings (SSSR count). The lowest BCUT2D eigenvalue weighted by Crippen LogP contribution is -2.52. The Labute approximate surface area is 234 Å². The van der Waals surface area contributed by atoms with Crippen LogP contribution >= 0.6 is 0 Å². The molecule has 3 heterocycles. The van der Waals surface area contributed by atoms with Crippen LogP contribution in [0.25, 0.3) is 11.1 Å². The smallest absolute Gasteiger partial charge is 0.322 e. The number of hydrogen-bond donors (Lipinski definition) is 5. The van der Waals surface area contributed by atoms with E-state index >= 15 is 0 Å². The van der Waals surface area contributed by atoms with Crippen molar-refractivity contribution in [2.75, 3.05) is 20.2 Å². The van der Waals surface area contributed by atoms with Gasteiger partial charge in [0.15, 0.2) is 11.1 Å². The summed E-state index contributed by atoms with van der Waals surface area (Å²) in [6.45, 7) is 0.117. The van der Waals surface area contributed by atoms with Crippen molar-refractivity contribution in [3.8, 4) is 16.9 Å². The van der Waals surface area contributed by atoms with Crippen LogP contribution in [0, 0.1) is 0 Å². The third-order valence-corrected chi connectivity index (χ3v) is 7.90. The van der Waals surface area contributed by atoms with Gasteiger partial charge in [0.25, 0.3) is 17.7 Å². The normalized spacial score (nSPS) is 23.2. The quantitative estimate of drug-likeness (QED) is 0.272. The molecule has 0 radical (unpaired) electrons. The van der Waals surface area contributed by atoms with E-state index in [0.29, 0.717) is 22.4 Å². The third-order valence-electron chi connectivity index (χ3n) is 7.90. The summed E-state index contributed by atoms with van der Waals surface area (Å²) >= 11 is 0. The fraction of sp³-hybridized carbons (Fsp3) is 0.207. The van der Waals surface area contributed by atoms with Gasteiger partial charge < -0.3 is 26.0 Å². The number of fused-ring (bicyclic) bond motifs is 1. The minimum atomic E-state index is -1.48. The number of carbonyl (C=O) groups excluding carboxylic acids is 5. The van der Waals surface area contributed by atoms with E-state index in [4.69, 9.17) is 10.5 Å². The maximum atomic E-state index is 13.2. The summed E-state index contributed by atoms with van der Waals surface area (Å²) in [5.41, 5.74) is 7.00. The van der Waals surface area contributed by atoms with Gasteiger partial charge in [-0.15, -0.1) is 0 Å². The molecule has 1 unspecified atom stereocenters. The van der Waals surface area contributed by atoms with Crippen molar-refractivity contribution >= 4 is 29.8 Å². The average molecular weight is 555 g/mol. The molecule has 2 saturated heterocycles. The molecule has 0 bridgehead atoms. The van der Waals surface area contributed by atoms with Crippen molar-refractivity contribution in [1.29, 1.82) is 0 Å². The first-order chi connectivity index (χ1) is 19.7. The van der Waals surface area contributed by atoms with E-state index in [0.717, 1.165) is 16.7 Å². The number of imide groups is 2. The molecule has 12 nitrogen and oxygen atoms in total. The standard InChI is InChI=1S/C29H26N6O6/c1-41-21-11-6-18-13-35(23(36)22(18)12-21)15-29(25(38)32-27(40)34-29)20-9-4-17(5-10-20)16-2-7-19(8-3-16)28(14-30)24(37)31-26(39)33-28/h2-12H,13-15,30H2,1H3,(H2,31,33,37,39)(H2,32,34,38,40)/t28?,29-/m0/s1. The number of methoxy groups -OCH3 is 1. The number of benzene rings is 3. The van der Waals surface area contributed by atoms with E-state index in [1.54, 1.807) is 60.7 Å². The van der Waals surface area contributed by atoms with Gasteiger partial charge in [0.1, 0.15) is 5.75 Å². The molecule has 7 amide bonds. The van der Waals surface area contributed by atoms with Crippen LogP contribution in [-0.4, -0.2) is 54.9 Å². The SMILES string of the molecule is COc1ccc2c(c1)C(=O)N(C[C@@]1(c3ccc(-c4ccc(C5(CN)NC(=O)NC5=O)cc4)cc3)NC(=O)NC1=O)C2. The van der Waals surface area contributed by atoms with Gasteiger partial charge in [0.05, 0.1) is 13.7 Å². The van der Waals surface area contributed by atoms with Crippen LogP contribution in [0.4, 0.5) is 9.59 Å². The Bertz CT molecular complexity index is 1620. The molecule has 3 aromatic carbocycles. The van der Waals surface area contributed by atoms with Crippen molar-refractivity contribution in [1.82, 2.24) is 26.2 Å². The van der Waals surface area contributed by atoms with E-state index in [2.05, 4.69) is 21.3 Å². The highest BCUT2D eigenvalue weighted by Crippen LogP contribution is 2.34. The maximum Gasteiger partial charge on any atom is 0.322 e. The Morgan fingerprint density at radius 3 is 1.80 bits per heavy atom. The fourth-order valence-corrected chi connectivity index (χ4v) is 5.63. The van der Waals surface area contributed by atoms with Gasteiger partial charge >= 0.3 is 12.1 Å². The van der Waals surface area contributed by atoms with Crippen LogP contribution in [0.3, 0.4) is 0 Å². The minimum absolute atomic E-state index is 0.0661. The second-order valence-electron chi connectivity index (χ2n) is 10.2. The van der Waals surface area contributed by atoms with Crippen LogP contribution in [-0.2, 0) is 27.2 Å². The number of hydrogen-bond acceptors (Lipinski definition) is 7. The third kappa shape index (κ3) is 4.07. The summed E-state index contributed by atoms with van der Waals surface area (Å²) in [6, 6.07) is 18.1. The predicted molar refractivity (Wildman–Crippen MR) is 145 cm³/mol. The fourth-order valence-electron chi connectivity index (χ4n) is 5.63. The molecular weight excluding hydrogens is 528 g/mol. The number of ether oxygens (including phenoxy) is 1. The van der Waals surface area contributed by atoms with Gasteiger partial charge in [-0.05, 0) is 39.9 Å². The van der Waals surface area contributed by atoms with E-state index in [-0.39, 0.29) is 25.5 Å². The van der Waals surface area contributed by atoms with E-state index in [1.165, 1.54) is 12.0 Å². The predicted octanol–water partition coefficient (Wildman–Crippen LogP) is 1.05. The van der Waals surface area contributed by atoms with E-state index in [9.17, 15) is 24.0 Å². The number of amides is 7. The molecule has 0 aromatic heterocycles. The van der Waals surface area contributed by atoms with Gasteiger partial charge in [-0.25, -0.2) is 9.59 Å². The molecule has 2 fully saturated rings. The summed E-state index contributed by atoms with van der Waals surface area (Å²) in [7, 11) is 1.52. The number of nitrogens with two attached hydrogens (primary N) is 1. The molecular formula is C29H26N6O6. The van der Waals surface area contributed by atoms with Crippen LogP contribution in [0.15, 0.2) is 66.7 Å². The van der Waals surface area contributed by atoms with Crippen LogP contribution in [0.2, 0.25) is 0 Å². The maximum absolute atomic E-state index is 13.2. The molecule has 3 aromatic rings. The Hall–Kier alpha value is -5.23. The number of nitrogens with one attached hydrogen (secondary N) is 4. The number of urea groups is 2. The Balaban J connectivity index is 1.27.